The Morgan fingerprint density at radius 1 is 1.15 bits per heavy atom. The first-order valence-corrected chi connectivity index (χ1v) is 4.52. The smallest absolute Gasteiger partial charge is 0.119 e. The molecule has 0 aliphatic carbocycles. The standard InChI is InChI=1S/C10H16N2O/c11-6-7-12-8-9-13-10-4-2-1-3-5-10/h1-5,12H,6-9,11H2. The molecule has 72 valence electrons. The molecule has 0 saturated carbocycles. The zero-order valence-electron chi connectivity index (χ0n) is 7.70. The van der Waals surface area contributed by atoms with Gasteiger partial charge in [-0.05, 0) is 12.1 Å². The number of nitrogens with one attached hydrogen (secondary N) is 1. The Balaban J connectivity index is 2.07. The van der Waals surface area contributed by atoms with Crippen LogP contribution in [-0.2, 0) is 0 Å². The Labute approximate surface area is 78.9 Å². The van der Waals surface area contributed by atoms with Crippen LogP contribution in [0.2, 0.25) is 0 Å². The number of benzene rings is 1. The second-order valence-electron chi connectivity index (χ2n) is 2.70. The van der Waals surface area contributed by atoms with Gasteiger partial charge in [0.05, 0.1) is 0 Å². The van der Waals surface area contributed by atoms with Gasteiger partial charge in [0.2, 0.25) is 0 Å². The van der Waals surface area contributed by atoms with E-state index in [-0.39, 0.29) is 0 Å². The van der Waals surface area contributed by atoms with Gasteiger partial charge < -0.3 is 15.8 Å². The molecule has 3 N–H and O–H groups in total. The van der Waals surface area contributed by atoms with Crippen LogP contribution >= 0.6 is 0 Å². The lowest BCUT2D eigenvalue weighted by molar-refractivity contribution is 0.315. The highest BCUT2D eigenvalue weighted by Gasteiger charge is 1.89. The van der Waals surface area contributed by atoms with E-state index in [1.165, 1.54) is 0 Å². The molecule has 0 atom stereocenters. The average molecular weight is 180 g/mol. The topological polar surface area (TPSA) is 47.3 Å². The maximum Gasteiger partial charge on any atom is 0.119 e. The summed E-state index contributed by atoms with van der Waals surface area (Å²) in [5.74, 6) is 0.914. The van der Waals surface area contributed by atoms with Crippen LogP contribution in [0.1, 0.15) is 0 Å². The van der Waals surface area contributed by atoms with Gasteiger partial charge in [0, 0.05) is 19.6 Å². The van der Waals surface area contributed by atoms with Crippen molar-refractivity contribution >= 4 is 0 Å². The molecule has 0 radical (unpaired) electrons. The summed E-state index contributed by atoms with van der Waals surface area (Å²) >= 11 is 0. The molecular formula is C10H16N2O. The second-order valence-corrected chi connectivity index (χ2v) is 2.70. The number of hydrogen-bond acceptors (Lipinski definition) is 3. The Morgan fingerprint density at radius 3 is 2.62 bits per heavy atom. The van der Waals surface area contributed by atoms with Crippen LogP contribution in [0.3, 0.4) is 0 Å². The second kappa shape index (κ2) is 6.46. The molecule has 0 bridgehead atoms. The fourth-order valence-electron chi connectivity index (χ4n) is 0.985. The van der Waals surface area contributed by atoms with Gasteiger partial charge in [-0.2, -0.15) is 0 Å². The molecule has 0 saturated heterocycles. The minimum absolute atomic E-state index is 0.672. The van der Waals surface area contributed by atoms with E-state index in [1.54, 1.807) is 0 Å². The molecule has 0 spiro atoms. The van der Waals surface area contributed by atoms with E-state index in [0.717, 1.165) is 18.8 Å². The first kappa shape index (κ1) is 10.0. The molecule has 0 aliphatic heterocycles. The number of nitrogens with two attached hydrogens (primary N) is 1. The van der Waals surface area contributed by atoms with E-state index in [2.05, 4.69) is 5.32 Å². The average Bonchev–Trinajstić information content (AvgIpc) is 2.19. The largest absolute Gasteiger partial charge is 0.492 e. The van der Waals surface area contributed by atoms with Gasteiger partial charge >= 0.3 is 0 Å². The molecule has 3 nitrogen and oxygen atoms in total. The Bertz CT molecular complexity index is 213. The van der Waals surface area contributed by atoms with E-state index in [9.17, 15) is 0 Å². The summed E-state index contributed by atoms with van der Waals surface area (Å²) in [5.41, 5.74) is 5.32. The molecule has 1 aromatic carbocycles. The molecule has 0 aliphatic rings. The molecule has 0 unspecified atom stereocenters. The summed E-state index contributed by atoms with van der Waals surface area (Å²) in [5, 5.41) is 3.16. The van der Waals surface area contributed by atoms with Crippen LogP contribution in [0, 0.1) is 0 Å². The molecule has 0 heterocycles. The minimum atomic E-state index is 0.672. The van der Waals surface area contributed by atoms with Crippen molar-refractivity contribution in [2.45, 2.75) is 0 Å². The van der Waals surface area contributed by atoms with Crippen molar-refractivity contribution in [3.05, 3.63) is 30.3 Å². The first-order valence-electron chi connectivity index (χ1n) is 4.52. The lowest BCUT2D eigenvalue weighted by atomic mass is 10.3. The van der Waals surface area contributed by atoms with Crippen molar-refractivity contribution in [2.24, 2.45) is 5.73 Å². The molecule has 0 fully saturated rings. The first-order chi connectivity index (χ1) is 6.43. The number of rotatable bonds is 6. The zero-order chi connectivity index (χ0) is 9.36. The van der Waals surface area contributed by atoms with Gasteiger partial charge in [-0.25, -0.2) is 0 Å². The molecule has 0 aromatic heterocycles. The van der Waals surface area contributed by atoms with E-state index in [0.29, 0.717) is 13.2 Å². The van der Waals surface area contributed by atoms with Crippen molar-refractivity contribution in [1.82, 2.24) is 5.32 Å². The van der Waals surface area contributed by atoms with Crippen LogP contribution in [-0.4, -0.2) is 26.2 Å². The quantitative estimate of drug-likeness (QED) is 0.631. The van der Waals surface area contributed by atoms with Crippen molar-refractivity contribution in [3.8, 4) is 5.75 Å². The van der Waals surface area contributed by atoms with Crippen molar-refractivity contribution in [1.29, 1.82) is 0 Å². The summed E-state index contributed by atoms with van der Waals surface area (Å²) in [4.78, 5) is 0. The Morgan fingerprint density at radius 2 is 1.92 bits per heavy atom. The predicted molar refractivity (Wildman–Crippen MR) is 53.9 cm³/mol. The molecule has 13 heavy (non-hydrogen) atoms. The summed E-state index contributed by atoms with van der Waals surface area (Å²) < 4.78 is 5.45. The third-order valence-corrected chi connectivity index (χ3v) is 1.61. The van der Waals surface area contributed by atoms with Crippen LogP contribution in [0.15, 0.2) is 30.3 Å². The van der Waals surface area contributed by atoms with Gasteiger partial charge in [0.15, 0.2) is 0 Å². The van der Waals surface area contributed by atoms with E-state index in [4.69, 9.17) is 10.5 Å². The summed E-state index contributed by atoms with van der Waals surface area (Å²) in [6, 6.07) is 9.79. The zero-order valence-corrected chi connectivity index (χ0v) is 7.70. The summed E-state index contributed by atoms with van der Waals surface area (Å²) in [7, 11) is 0. The maximum atomic E-state index is 5.45. The van der Waals surface area contributed by atoms with Crippen LogP contribution in [0.4, 0.5) is 0 Å². The fraction of sp³-hybridized carbons (Fsp3) is 0.400. The van der Waals surface area contributed by atoms with Crippen LogP contribution in [0.5, 0.6) is 5.75 Å². The van der Waals surface area contributed by atoms with E-state index >= 15 is 0 Å². The number of ether oxygens (including phenoxy) is 1. The van der Waals surface area contributed by atoms with Gasteiger partial charge in [0.1, 0.15) is 12.4 Å². The number of para-hydroxylation sites is 1. The van der Waals surface area contributed by atoms with E-state index in [1.807, 2.05) is 30.3 Å². The highest BCUT2D eigenvalue weighted by Crippen LogP contribution is 2.07. The van der Waals surface area contributed by atoms with Crippen molar-refractivity contribution < 1.29 is 4.74 Å². The molecule has 3 heteroatoms. The number of hydrogen-bond donors (Lipinski definition) is 2. The van der Waals surface area contributed by atoms with Gasteiger partial charge in [-0.3, -0.25) is 0 Å². The Hall–Kier alpha value is -1.06. The van der Waals surface area contributed by atoms with Gasteiger partial charge in [-0.1, -0.05) is 18.2 Å². The third kappa shape index (κ3) is 4.50. The predicted octanol–water partition coefficient (Wildman–Crippen LogP) is 0.614. The molecular weight excluding hydrogens is 164 g/mol. The lowest BCUT2D eigenvalue weighted by Gasteiger charge is -2.05. The van der Waals surface area contributed by atoms with Gasteiger partial charge in [0.25, 0.3) is 0 Å². The highest BCUT2D eigenvalue weighted by molar-refractivity contribution is 5.20. The molecule has 1 rings (SSSR count). The summed E-state index contributed by atoms with van der Waals surface area (Å²) in [6.07, 6.45) is 0. The van der Waals surface area contributed by atoms with Gasteiger partial charge in [-0.15, -0.1) is 0 Å². The SMILES string of the molecule is NCCNCCOc1ccccc1. The highest BCUT2D eigenvalue weighted by atomic mass is 16.5. The van der Waals surface area contributed by atoms with Crippen LogP contribution < -0.4 is 15.8 Å². The molecule has 0 amide bonds. The minimum Gasteiger partial charge on any atom is -0.492 e. The van der Waals surface area contributed by atoms with Crippen molar-refractivity contribution in [2.75, 3.05) is 26.2 Å². The molecule has 1 aromatic rings. The van der Waals surface area contributed by atoms with E-state index < -0.39 is 0 Å². The normalized spacial score (nSPS) is 9.92. The summed E-state index contributed by atoms with van der Waals surface area (Å²) in [6.45, 7) is 3.04. The Kier molecular flexibility index (Phi) is 4.98. The fourth-order valence-corrected chi connectivity index (χ4v) is 0.985. The monoisotopic (exact) mass is 180 g/mol. The third-order valence-electron chi connectivity index (χ3n) is 1.61. The maximum absolute atomic E-state index is 5.45. The van der Waals surface area contributed by atoms with Crippen LogP contribution in [0.25, 0.3) is 0 Å². The lowest BCUT2D eigenvalue weighted by Crippen LogP contribution is -2.26. The van der Waals surface area contributed by atoms with Crippen molar-refractivity contribution in [3.63, 3.8) is 0 Å².